The third kappa shape index (κ3) is 3.22. The third-order valence-corrected chi connectivity index (χ3v) is 3.55. The van der Waals surface area contributed by atoms with E-state index in [1.807, 2.05) is 0 Å². The van der Waals surface area contributed by atoms with Crippen molar-refractivity contribution in [2.45, 2.75) is 33.2 Å². The number of rotatable bonds is 2. The van der Waals surface area contributed by atoms with Crippen molar-refractivity contribution >= 4 is 5.69 Å². The summed E-state index contributed by atoms with van der Waals surface area (Å²) in [4.78, 5) is 2.51. The number of nitrogens with zero attached hydrogens (tertiary/aromatic N) is 1. The standard InChI is InChI=1S/C15H24N2/c1-4-14-5-7-15(8-6-14)17-10-12(2)9-16-13(3)11-17/h5-8,12-13,16H,4,9-11H2,1-3H3. The van der Waals surface area contributed by atoms with Crippen molar-refractivity contribution in [2.75, 3.05) is 24.5 Å². The number of benzene rings is 1. The van der Waals surface area contributed by atoms with E-state index in [0.29, 0.717) is 12.0 Å². The molecule has 1 aromatic rings. The Morgan fingerprint density at radius 1 is 1.18 bits per heavy atom. The van der Waals surface area contributed by atoms with Gasteiger partial charge in [0.05, 0.1) is 0 Å². The highest BCUT2D eigenvalue weighted by Crippen LogP contribution is 2.19. The first-order chi connectivity index (χ1) is 8.19. The van der Waals surface area contributed by atoms with Gasteiger partial charge in [0, 0.05) is 24.8 Å². The predicted octanol–water partition coefficient (Wildman–Crippen LogP) is 2.68. The maximum absolute atomic E-state index is 3.57. The van der Waals surface area contributed by atoms with Gasteiger partial charge in [0.1, 0.15) is 0 Å². The van der Waals surface area contributed by atoms with Crippen molar-refractivity contribution in [3.8, 4) is 0 Å². The summed E-state index contributed by atoms with van der Waals surface area (Å²) < 4.78 is 0. The molecule has 1 aliphatic rings. The molecule has 0 radical (unpaired) electrons. The molecule has 1 aromatic carbocycles. The summed E-state index contributed by atoms with van der Waals surface area (Å²) in [6, 6.07) is 9.62. The summed E-state index contributed by atoms with van der Waals surface area (Å²) in [6.45, 7) is 10.2. The molecule has 1 N–H and O–H groups in total. The van der Waals surface area contributed by atoms with Gasteiger partial charge in [-0.05, 0) is 43.5 Å². The highest BCUT2D eigenvalue weighted by Gasteiger charge is 2.18. The van der Waals surface area contributed by atoms with Crippen LogP contribution in [0.4, 0.5) is 5.69 Å². The first-order valence-electron chi connectivity index (χ1n) is 6.76. The SMILES string of the molecule is CCc1ccc(N2CC(C)CNC(C)C2)cc1. The number of hydrogen-bond acceptors (Lipinski definition) is 2. The summed E-state index contributed by atoms with van der Waals surface area (Å²) in [5.41, 5.74) is 2.78. The van der Waals surface area contributed by atoms with Gasteiger partial charge >= 0.3 is 0 Å². The van der Waals surface area contributed by atoms with Crippen LogP contribution in [-0.4, -0.2) is 25.7 Å². The van der Waals surface area contributed by atoms with Gasteiger partial charge in [-0.3, -0.25) is 0 Å². The van der Waals surface area contributed by atoms with Crippen LogP contribution in [-0.2, 0) is 6.42 Å². The third-order valence-electron chi connectivity index (χ3n) is 3.55. The number of nitrogens with one attached hydrogen (secondary N) is 1. The lowest BCUT2D eigenvalue weighted by Gasteiger charge is -2.26. The van der Waals surface area contributed by atoms with Crippen LogP contribution in [0.1, 0.15) is 26.3 Å². The molecule has 0 saturated carbocycles. The normalized spacial score (nSPS) is 25.7. The molecule has 0 amide bonds. The van der Waals surface area contributed by atoms with E-state index in [4.69, 9.17) is 0 Å². The second kappa shape index (κ2) is 5.54. The minimum Gasteiger partial charge on any atom is -0.370 e. The van der Waals surface area contributed by atoms with Crippen molar-refractivity contribution in [2.24, 2.45) is 5.92 Å². The van der Waals surface area contributed by atoms with Gasteiger partial charge in [0.2, 0.25) is 0 Å². The maximum Gasteiger partial charge on any atom is 0.0367 e. The van der Waals surface area contributed by atoms with E-state index in [9.17, 15) is 0 Å². The summed E-state index contributed by atoms with van der Waals surface area (Å²) in [7, 11) is 0. The molecule has 2 rings (SSSR count). The Bertz CT molecular complexity index is 332. The molecule has 0 aliphatic carbocycles. The summed E-state index contributed by atoms with van der Waals surface area (Å²) >= 11 is 0. The monoisotopic (exact) mass is 232 g/mol. The smallest absolute Gasteiger partial charge is 0.0367 e. The van der Waals surface area contributed by atoms with E-state index < -0.39 is 0 Å². The molecule has 0 spiro atoms. The largest absolute Gasteiger partial charge is 0.370 e. The van der Waals surface area contributed by atoms with Gasteiger partial charge < -0.3 is 10.2 Å². The highest BCUT2D eigenvalue weighted by molar-refractivity contribution is 5.48. The molecule has 1 aliphatic heterocycles. The molecular formula is C15H24N2. The molecule has 2 heteroatoms. The van der Waals surface area contributed by atoms with Crippen LogP contribution in [0.15, 0.2) is 24.3 Å². The molecule has 17 heavy (non-hydrogen) atoms. The Balaban J connectivity index is 2.12. The molecule has 0 aromatic heterocycles. The topological polar surface area (TPSA) is 15.3 Å². The average Bonchev–Trinajstić information content (AvgIpc) is 2.51. The molecule has 1 saturated heterocycles. The fraction of sp³-hybridized carbons (Fsp3) is 0.600. The van der Waals surface area contributed by atoms with Crippen molar-refractivity contribution in [3.63, 3.8) is 0 Å². The zero-order valence-corrected chi connectivity index (χ0v) is 11.2. The van der Waals surface area contributed by atoms with Crippen LogP contribution < -0.4 is 10.2 Å². The predicted molar refractivity (Wildman–Crippen MR) is 74.7 cm³/mol. The van der Waals surface area contributed by atoms with Crippen molar-refractivity contribution in [1.29, 1.82) is 0 Å². The van der Waals surface area contributed by atoms with Gasteiger partial charge in [0.15, 0.2) is 0 Å². The fourth-order valence-electron chi connectivity index (χ4n) is 2.47. The lowest BCUT2D eigenvalue weighted by atomic mass is 10.1. The lowest BCUT2D eigenvalue weighted by Crippen LogP contribution is -2.35. The highest BCUT2D eigenvalue weighted by atomic mass is 15.2. The second-order valence-electron chi connectivity index (χ2n) is 5.34. The molecule has 94 valence electrons. The van der Waals surface area contributed by atoms with Gasteiger partial charge in [-0.2, -0.15) is 0 Å². The Morgan fingerprint density at radius 3 is 2.53 bits per heavy atom. The first-order valence-corrected chi connectivity index (χ1v) is 6.76. The van der Waals surface area contributed by atoms with Crippen LogP contribution in [0, 0.1) is 5.92 Å². The lowest BCUT2D eigenvalue weighted by molar-refractivity contribution is 0.525. The van der Waals surface area contributed by atoms with Gasteiger partial charge in [-0.15, -0.1) is 0 Å². The molecule has 1 fully saturated rings. The Morgan fingerprint density at radius 2 is 1.88 bits per heavy atom. The van der Waals surface area contributed by atoms with E-state index >= 15 is 0 Å². The molecular weight excluding hydrogens is 208 g/mol. The molecule has 0 bridgehead atoms. The quantitative estimate of drug-likeness (QED) is 0.843. The number of aryl methyl sites for hydroxylation is 1. The van der Waals surface area contributed by atoms with E-state index in [2.05, 4.69) is 55.3 Å². The zero-order valence-electron chi connectivity index (χ0n) is 11.2. The Labute approximate surface area is 105 Å². The van der Waals surface area contributed by atoms with Crippen molar-refractivity contribution in [3.05, 3.63) is 29.8 Å². The van der Waals surface area contributed by atoms with Crippen molar-refractivity contribution in [1.82, 2.24) is 5.32 Å². The Hall–Kier alpha value is -1.02. The van der Waals surface area contributed by atoms with Gasteiger partial charge in [-0.1, -0.05) is 26.0 Å². The number of anilines is 1. The Kier molecular flexibility index (Phi) is 4.06. The summed E-state index contributed by atoms with van der Waals surface area (Å²) in [5, 5.41) is 3.57. The average molecular weight is 232 g/mol. The van der Waals surface area contributed by atoms with Crippen molar-refractivity contribution < 1.29 is 0 Å². The van der Waals surface area contributed by atoms with E-state index in [0.717, 1.165) is 26.1 Å². The summed E-state index contributed by atoms with van der Waals surface area (Å²) in [6.07, 6.45) is 1.12. The molecule has 2 atom stereocenters. The molecule has 1 heterocycles. The minimum atomic E-state index is 0.575. The minimum absolute atomic E-state index is 0.575. The summed E-state index contributed by atoms with van der Waals surface area (Å²) in [5.74, 6) is 0.714. The first kappa shape index (κ1) is 12.4. The van der Waals surface area contributed by atoms with E-state index in [-0.39, 0.29) is 0 Å². The van der Waals surface area contributed by atoms with Crippen LogP contribution in [0.5, 0.6) is 0 Å². The van der Waals surface area contributed by atoms with Crippen LogP contribution in [0.3, 0.4) is 0 Å². The van der Waals surface area contributed by atoms with Crippen LogP contribution >= 0.6 is 0 Å². The van der Waals surface area contributed by atoms with E-state index in [1.54, 1.807) is 0 Å². The zero-order chi connectivity index (χ0) is 12.3. The molecule has 2 unspecified atom stereocenters. The molecule has 2 nitrogen and oxygen atoms in total. The van der Waals surface area contributed by atoms with Crippen LogP contribution in [0.25, 0.3) is 0 Å². The maximum atomic E-state index is 3.57. The fourth-order valence-corrected chi connectivity index (χ4v) is 2.47. The van der Waals surface area contributed by atoms with Crippen LogP contribution in [0.2, 0.25) is 0 Å². The second-order valence-corrected chi connectivity index (χ2v) is 5.34. The number of hydrogen-bond donors (Lipinski definition) is 1. The van der Waals surface area contributed by atoms with Gasteiger partial charge in [-0.25, -0.2) is 0 Å². The van der Waals surface area contributed by atoms with Gasteiger partial charge in [0.25, 0.3) is 0 Å². The van der Waals surface area contributed by atoms with E-state index in [1.165, 1.54) is 11.3 Å².